The Hall–Kier alpha value is -4.86. The largest absolute Gasteiger partial charge is 0.486 e. The lowest BCUT2D eigenvalue weighted by Crippen LogP contribution is -2.17. The molecule has 0 atom stereocenters. The second-order valence-corrected chi connectivity index (χ2v) is 11.0. The number of nitrogens with one attached hydrogen (secondary N) is 1. The highest BCUT2D eigenvalue weighted by molar-refractivity contribution is 9.10. The Bertz CT molecular complexity index is 1820. The number of carbonyl (C=O) groups is 2. The van der Waals surface area contributed by atoms with Crippen molar-refractivity contribution in [2.75, 3.05) is 0 Å². The van der Waals surface area contributed by atoms with E-state index in [9.17, 15) is 9.59 Å². The van der Waals surface area contributed by atoms with Gasteiger partial charge in [-0.25, -0.2) is 10.2 Å². The van der Waals surface area contributed by atoms with Gasteiger partial charge in [-0.3, -0.25) is 4.79 Å². The first-order chi connectivity index (χ1) is 21.2. The SMILES string of the molecule is Cc1ccc(C)n1-c1ccc(OCc2ccc(C(=O)N/N=C\c3cc(Br)ccc3OC(=O)/C=C/c3ccc(Cl)cc3)o2)cc1. The van der Waals surface area contributed by atoms with Crippen molar-refractivity contribution in [3.63, 3.8) is 0 Å². The van der Waals surface area contributed by atoms with Crippen LogP contribution in [0.3, 0.4) is 0 Å². The van der Waals surface area contributed by atoms with Gasteiger partial charge in [0.1, 0.15) is 23.9 Å². The van der Waals surface area contributed by atoms with Gasteiger partial charge in [-0.15, -0.1) is 0 Å². The maximum atomic E-state index is 12.6. The minimum Gasteiger partial charge on any atom is -0.486 e. The molecular weight excluding hydrogens is 646 g/mol. The van der Waals surface area contributed by atoms with Crippen LogP contribution in [-0.4, -0.2) is 22.7 Å². The number of furan rings is 1. The van der Waals surface area contributed by atoms with Crippen molar-refractivity contribution in [1.29, 1.82) is 0 Å². The predicted octanol–water partition coefficient (Wildman–Crippen LogP) is 8.06. The number of hydrazone groups is 1. The zero-order valence-electron chi connectivity index (χ0n) is 23.8. The number of amides is 1. The molecule has 1 amide bonds. The second-order valence-electron chi connectivity index (χ2n) is 9.69. The normalized spacial score (nSPS) is 11.3. The number of esters is 1. The number of hydrogen-bond donors (Lipinski definition) is 1. The number of benzene rings is 3. The summed E-state index contributed by atoms with van der Waals surface area (Å²) in [6.45, 7) is 4.27. The summed E-state index contributed by atoms with van der Waals surface area (Å²) in [7, 11) is 0. The number of halogens is 2. The third-order valence-corrected chi connectivity index (χ3v) is 7.21. The van der Waals surface area contributed by atoms with Gasteiger partial charge in [-0.05, 0) is 104 Å². The Morgan fingerprint density at radius 2 is 1.68 bits per heavy atom. The van der Waals surface area contributed by atoms with Gasteiger partial charge in [0.25, 0.3) is 0 Å². The minimum atomic E-state index is -0.576. The van der Waals surface area contributed by atoms with Gasteiger partial charge < -0.3 is 18.5 Å². The number of aromatic nitrogens is 1. The zero-order chi connectivity index (χ0) is 31.1. The van der Waals surface area contributed by atoms with Crippen LogP contribution in [0.1, 0.15) is 38.8 Å². The van der Waals surface area contributed by atoms with E-state index in [2.05, 4.69) is 57.0 Å². The monoisotopic (exact) mass is 671 g/mol. The molecule has 0 aliphatic rings. The van der Waals surface area contributed by atoms with E-state index in [1.54, 1.807) is 60.7 Å². The van der Waals surface area contributed by atoms with Crippen molar-refractivity contribution in [2.45, 2.75) is 20.5 Å². The van der Waals surface area contributed by atoms with Crippen molar-refractivity contribution in [3.8, 4) is 17.2 Å². The summed E-state index contributed by atoms with van der Waals surface area (Å²) in [6, 6.07) is 27.2. The standard InChI is InChI=1S/C34H27BrClN3O5/c1-22-3-4-23(2)39(22)28-11-13-29(14-12-28)42-21-30-15-17-32(43-30)34(41)38-37-20-25-19-26(35)8-16-31(25)44-33(40)18-7-24-5-9-27(36)10-6-24/h3-20H,21H2,1-2H3,(H,38,41)/b18-7+,37-20-. The van der Waals surface area contributed by atoms with Crippen LogP contribution < -0.4 is 14.9 Å². The molecule has 222 valence electrons. The molecular formula is C34H27BrClN3O5. The van der Waals surface area contributed by atoms with Gasteiger partial charge in [-0.2, -0.15) is 5.10 Å². The molecule has 1 N–H and O–H groups in total. The molecule has 3 aromatic carbocycles. The van der Waals surface area contributed by atoms with Crippen LogP contribution in [-0.2, 0) is 11.4 Å². The van der Waals surface area contributed by atoms with Crippen LogP contribution in [0.25, 0.3) is 11.8 Å². The summed E-state index contributed by atoms with van der Waals surface area (Å²) in [5.74, 6) is 0.369. The summed E-state index contributed by atoms with van der Waals surface area (Å²) in [4.78, 5) is 25.0. The number of nitrogens with zero attached hydrogens (tertiary/aromatic N) is 2. The predicted molar refractivity (Wildman–Crippen MR) is 174 cm³/mol. The van der Waals surface area contributed by atoms with Gasteiger partial charge in [-0.1, -0.05) is 39.7 Å². The number of aryl methyl sites for hydroxylation is 2. The number of carbonyl (C=O) groups excluding carboxylic acids is 2. The summed E-state index contributed by atoms with van der Waals surface area (Å²) in [5.41, 5.74) is 7.05. The molecule has 0 fully saturated rings. The van der Waals surface area contributed by atoms with Gasteiger partial charge >= 0.3 is 11.9 Å². The quantitative estimate of drug-likeness (QED) is 0.0533. The van der Waals surface area contributed by atoms with Crippen molar-refractivity contribution >= 4 is 51.7 Å². The maximum absolute atomic E-state index is 12.6. The Labute approximate surface area is 267 Å². The van der Waals surface area contributed by atoms with Crippen LogP contribution >= 0.6 is 27.5 Å². The molecule has 44 heavy (non-hydrogen) atoms. The second kappa shape index (κ2) is 14.1. The van der Waals surface area contributed by atoms with E-state index >= 15 is 0 Å². The van der Waals surface area contributed by atoms with E-state index < -0.39 is 11.9 Å². The topological polar surface area (TPSA) is 95.1 Å². The number of ether oxygens (including phenoxy) is 2. The lowest BCUT2D eigenvalue weighted by Gasteiger charge is -2.10. The fraction of sp³-hybridized carbons (Fsp3) is 0.0882. The molecule has 0 unspecified atom stereocenters. The van der Waals surface area contributed by atoms with Gasteiger partial charge in [0, 0.05) is 38.2 Å². The van der Waals surface area contributed by atoms with Crippen molar-refractivity contribution < 1.29 is 23.5 Å². The van der Waals surface area contributed by atoms with E-state index in [-0.39, 0.29) is 18.1 Å². The van der Waals surface area contributed by atoms with E-state index in [0.29, 0.717) is 22.1 Å². The Balaban J connectivity index is 1.15. The van der Waals surface area contributed by atoms with E-state index in [4.69, 9.17) is 25.5 Å². The molecule has 10 heteroatoms. The maximum Gasteiger partial charge on any atom is 0.336 e. The Kier molecular flexibility index (Phi) is 9.79. The molecule has 0 bridgehead atoms. The molecule has 0 spiro atoms. The smallest absolute Gasteiger partial charge is 0.336 e. The summed E-state index contributed by atoms with van der Waals surface area (Å²) >= 11 is 9.29. The summed E-state index contributed by atoms with van der Waals surface area (Å²) in [5, 5.41) is 4.62. The average molecular weight is 673 g/mol. The molecule has 0 saturated carbocycles. The van der Waals surface area contributed by atoms with E-state index in [0.717, 1.165) is 27.1 Å². The van der Waals surface area contributed by atoms with Gasteiger partial charge in [0.2, 0.25) is 0 Å². The van der Waals surface area contributed by atoms with Crippen LogP contribution in [0.2, 0.25) is 5.02 Å². The summed E-state index contributed by atoms with van der Waals surface area (Å²) in [6.07, 6.45) is 4.31. The van der Waals surface area contributed by atoms with Gasteiger partial charge in [0.05, 0.1) is 6.21 Å². The zero-order valence-corrected chi connectivity index (χ0v) is 26.1. The first kappa shape index (κ1) is 30.6. The molecule has 5 aromatic rings. The molecule has 2 heterocycles. The average Bonchev–Trinajstić information content (AvgIpc) is 3.63. The van der Waals surface area contributed by atoms with E-state index in [1.165, 1.54) is 12.3 Å². The fourth-order valence-corrected chi connectivity index (χ4v) is 4.81. The molecule has 0 saturated heterocycles. The Morgan fingerprint density at radius 1 is 0.955 bits per heavy atom. The number of hydrogen-bond acceptors (Lipinski definition) is 6. The van der Waals surface area contributed by atoms with Crippen LogP contribution in [0.15, 0.2) is 111 Å². The molecule has 0 aliphatic carbocycles. The van der Waals surface area contributed by atoms with Crippen molar-refractivity contribution in [2.24, 2.45) is 5.10 Å². The fourth-order valence-electron chi connectivity index (χ4n) is 4.31. The lowest BCUT2D eigenvalue weighted by molar-refractivity contribution is -0.128. The third-order valence-electron chi connectivity index (χ3n) is 6.47. The van der Waals surface area contributed by atoms with Crippen LogP contribution in [0.5, 0.6) is 11.5 Å². The van der Waals surface area contributed by atoms with Crippen LogP contribution in [0.4, 0.5) is 0 Å². The first-order valence-corrected chi connectivity index (χ1v) is 14.7. The Morgan fingerprint density at radius 3 is 2.41 bits per heavy atom. The number of rotatable bonds is 10. The van der Waals surface area contributed by atoms with E-state index in [1.807, 2.05) is 24.3 Å². The van der Waals surface area contributed by atoms with Gasteiger partial charge in [0.15, 0.2) is 5.76 Å². The van der Waals surface area contributed by atoms with Crippen molar-refractivity contribution in [1.82, 2.24) is 9.99 Å². The lowest BCUT2D eigenvalue weighted by atomic mass is 10.2. The highest BCUT2D eigenvalue weighted by Crippen LogP contribution is 2.23. The molecule has 2 aromatic heterocycles. The minimum absolute atomic E-state index is 0.0721. The summed E-state index contributed by atoms with van der Waals surface area (Å²) < 4.78 is 19.9. The first-order valence-electron chi connectivity index (χ1n) is 13.5. The van der Waals surface area contributed by atoms with Crippen molar-refractivity contribution in [3.05, 3.63) is 141 Å². The van der Waals surface area contributed by atoms with Crippen LogP contribution in [0, 0.1) is 13.8 Å². The molecule has 5 rings (SSSR count). The molecule has 0 radical (unpaired) electrons. The molecule has 0 aliphatic heterocycles. The molecule has 8 nitrogen and oxygen atoms in total. The highest BCUT2D eigenvalue weighted by Gasteiger charge is 2.12. The third kappa shape index (κ3) is 7.94. The highest BCUT2D eigenvalue weighted by atomic mass is 79.9.